The number of ether oxygens (including phenoxy) is 1. The van der Waals surface area contributed by atoms with Crippen molar-refractivity contribution in [3.05, 3.63) is 24.3 Å². The van der Waals surface area contributed by atoms with Crippen molar-refractivity contribution in [3.63, 3.8) is 0 Å². The number of nitrogens with zero attached hydrogens (tertiary/aromatic N) is 5. The summed E-state index contributed by atoms with van der Waals surface area (Å²) in [4.78, 5) is 6.92. The van der Waals surface area contributed by atoms with Gasteiger partial charge in [-0.05, 0) is 32.6 Å². The van der Waals surface area contributed by atoms with E-state index in [1.807, 2.05) is 24.6 Å². The second-order valence-corrected chi connectivity index (χ2v) is 6.19. The first-order valence-electron chi connectivity index (χ1n) is 9.04. The molecular formula is C18H35IN6O. The number of methoxy groups -OCH3 is 1. The molecule has 8 heteroatoms. The van der Waals surface area contributed by atoms with Crippen LogP contribution in [0.15, 0.2) is 17.6 Å². The fraction of sp³-hybridized carbons (Fsp3) is 0.722. The van der Waals surface area contributed by atoms with E-state index < -0.39 is 0 Å². The molecule has 0 atom stereocenters. The van der Waals surface area contributed by atoms with Crippen LogP contribution in [-0.2, 0) is 18.3 Å². The Balaban J connectivity index is 0.00000625. The SMILES string of the molecule is C=CCCCCCN(C)C(=NCc1nnc(C)n1C)NCCCOC.I. The molecule has 1 heterocycles. The minimum atomic E-state index is 0. The molecule has 0 aliphatic rings. The molecule has 1 rings (SSSR count). The van der Waals surface area contributed by atoms with Crippen LogP contribution in [-0.4, -0.2) is 59.5 Å². The molecule has 0 unspecified atom stereocenters. The quantitative estimate of drug-likeness (QED) is 0.165. The molecule has 0 fully saturated rings. The highest BCUT2D eigenvalue weighted by Crippen LogP contribution is 2.03. The molecule has 0 aliphatic heterocycles. The zero-order chi connectivity index (χ0) is 18.5. The summed E-state index contributed by atoms with van der Waals surface area (Å²) in [5.41, 5.74) is 0. The zero-order valence-electron chi connectivity index (χ0n) is 16.7. The highest BCUT2D eigenvalue weighted by molar-refractivity contribution is 14.0. The van der Waals surface area contributed by atoms with Crippen LogP contribution in [0.25, 0.3) is 0 Å². The number of hydrogen-bond donors (Lipinski definition) is 1. The maximum atomic E-state index is 5.11. The minimum Gasteiger partial charge on any atom is -0.385 e. The summed E-state index contributed by atoms with van der Waals surface area (Å²) < 4.78 is 7.08. The summed E-state index contributed by atoms with van der Waals surface area (Å²) in [5.74, 6) is 2.67. The number of rotatable bonds is 12. The second-order valence-electron chi connectivity index (χ2n) is 6.19. The molecular weight excluding hydrogens is 443 g/mol. The van der Waals surface area contributed by atoms with E-state index in [4.69, 9.17) is 9.73 Å². The molecule has 0 radical (unpaired) electrons. The summed E-state index contributed by atoms with van der Waals surface area (Å²) >= 11 is 0. The standard InChI is InChI=1S/C18H34N6O.HI/c1-6-7-8-9-10-13-23(3)18(19-12-11-14-25-5)20-15-17-22-21-16(2)24(17)4;/h6H,1,7-15H2,2-5H3,(H,19,20);1H. The Bertz CT molecular complexity index is 532. The summed E-state index contributed by atoms with van der Waals surface area (Å²) in [6.07, 6.45) is 7.57. The Morgan fingerprint density at radius 1 is 1.31 bits per heavy atom. The van der Waals surface area contributed by atoms with E-state index in [-0.39, 0.29) is 24.0 Å². The van der Waals surface area contributed by atoms with Crippen LogP contribution in [0, 0.1) is 6.92 Å². The second kappa shape index (κ2) is 15.0. The van der Waals surface area contributed by atoms with Crippen LogP contribution in [0.4, 0.5) is 0 Å². The molecule has 0 amide bonds. The Morgan fingerprint density at radius 3 is 2.69 bits per heavy atom. The molecule has 0 spiro atoms. The lowest BCUT2D eigenvalue weighted by molar-refractivity contribution is 0.195. The number of nitrogens with one attached hydrogen (secondary N) is 1. The molecule has 26 heavy (non-hydrogen) atoms. The van der Waals surface area contributed by atoms with Gasteiger partial charge in [0.2, 0.25) is 0 Å². The molecule has 0 saturated heterocycles. The first-order valence-corrected chi connectivity index (χ1v) is 9.04. The van der Waals surface area contributed by atoms with Gasteiger partial charge in [0, 0.05) is 40.9 Å². The summed E-state index contributed by atoms with van der Waals surface area (Å²) in [7, 11) is 5.77. The summed E-state index contributed by atoms with van der Waals surface area (Å²) in [5, 5.41) is 11.7. The van der Waals surface area contributed by atoms with Gasteiger partial charge < -0.3 is 19.5 Å². The molecule has 0 bridgehead atoms. The van der Waals surface area contributed by atoms with Crippen LogP contribution in [0.5, 0.6) is 0 Å². The third-order valence-corrected chi connectivity index (χ3v) is 4.12. The summed E-state index contributed by atoms with van der Waals surface area (Å²) in [6.45, 7) is 8.79. The number of allylic oxidation sites excluding steroid dienone is 1. The van der Waals surface area contributed by atoms with E-state index in [1.165, 1.54) is 12.8 Å². The Kier molecular flexibility index (Phi) is 14.3. The number of hydrogen-bond acceptors (Lipinski definition) is 4. The highest BCUT2D eigenvalue weighted by Gasteiger charge is 2.08. The molecule has 150 valence electrons. The fourth-order valence-corrected chi connectivity index (χ4v) is 2.38. The molecule has 0 saturated carbocycles. The monoisotopic (exact) mass is 478 g/mol. The van der Waals surface area contributed by atoms with E-state index in [9.17, 15) is 0 Å². The predicted molar refractivity (Wildman–Crippen MR) is 118 cm³/mol. The van der Waals surface area contributed by atoms with Crippen LogP contribution in [0.3, 0.4) is 0 Å². The van der Waals surface area contributed by atoms with E-state index in [1.54, 1.807) is 7.11 Å². The van der Waals surface area contributed by atoms with Crippen molar-refractivity contribution in [1.29, 1.82) is 0 Å². The van der Waals surface area contributed by atoms with Gasteiger partial charge in [0.15, 0.2) is 11.8 Å². The average Bonchev–Trinajstić information content (AvgIpc) is 2.92. The minimum absolute atomic E-state index is 0. The molecule has 0 aliphatic carbocycles. The van der Waals surface area contributed by atoms with Crippen molar-refractivity contribution in [2.24, 2.45) is 12.0 Å². The van der Waals surface area contributed by atoms with E-state index in [0.29, 0.717) is 6.54 Å². The first-order chi connectivity index (χ1) is 12.1. The van der Waals surface area contributed by atoms with Crippen LogP contribution >= 0.6 is 24.0 Å². The normalized spacial score (nSPS) is 11.2. The molecule has 1 aromatic rings. The van der Waals surface area contributed by atoms with Crippen LogP contribution in [0.1, 0.15) is 43.8 Å². The molecule has 1 N–H and O–H groups in total. The van der Waals surface area contributed by atoms with E-state index >= 15 is 0 Å². The van der Waals surface area contributed by atoms with Gasteiger partial charge in [-0.1, -0.05) is 12.5 Å². The van der Waals surface area contributed by atoms with Crippen molar-refractivity contribution >= 4 is 29.9 Å². The predicted octanol–water partition coefficient (Wildman–Crippen LogP) is 2.90. The topological polar surface area (TPSA) is 67.6 Å². The third kappa shape index (κ3) is 9.51. The van der Waals surface area contributed by atoms with Gasteiger partial charge in [0.25, 0.3) is 0 Å². The van der Waals surface area contributed by atoms with Gasteiger partial charge in [0.1, 0.15) is 12.4 Å². The fourth-order valence-electron chi connectivity index (χ4n) is 2.38. The van der Waals surface area contributed by atoms with Gasteiger partial charge in [-0.2, -0.15) is 0 Å². The highest BCUT2D eigenvalue weighted by atomic mass is 127. The van der Waals surface area contributed by atoms with Gasteiger partial charge >= 0.3 is 0 Å². The maximum absolute atomic E-state index is 5.11. The number of aryl methyl sites for hydroxylation is 1. The van der Waals surface area contributed by atoms with Crippen molar-refractivity contribution in [3.8, 4) is 0 Å². The van der Waals surface area contributed by atoms with Gasteiger partial charge in [-0.15, -0.1) is 40.8 Å². The largest absolute Gasteiger partial charge is 0.385 e. The van der Waals surface area contributed by atoms with Crippen molar-refractivity contribution in [2.75, 3.05) is 33.9 Å². The van der Waals surface area contributed by atoms with E-state index in [0.717, 1.165) is 56.6 Å². The molecule has 1 aromatic heterocycles. The lowest BCUT2D eigenvalue weighted by Crippen LogP contribution is -2.40. The number of aromatic nitrogens is 3. The molecule has 7 nitrogen and oxygen atoms in total. The van der Waals surface area contributed by atoms with Gasteiger partial charge in [-0.25, -0.2) is 4.99 Å². The van der Waals surface area contributed by atoms with Crippen molar-refractivity contribution in [1.82, 2.24) is 25.0 Å². The number of halogens is 1. The smallest absolute Gasteiger partial charge is 0.194 e. The van der Waals surface area contributed by atoms with Crippen molar-refractivity contribution < 1.29 is 4.74 Å². The molecule has 0 aromatic carbocycles. The third-order valence-electron chi connectivity index (χ3n) is 4.12. The zero-order valence-corrected chi connectivity index (χ0v) is 19.0. The van der Waals surface area contributed by atoms with Crippen LogP contribution < -0.4 is 5.32 Å². The Morgan fingerprint density at radius 2 is 2.08 bits per heavy atom. The lowest BCUT2D eigenvalue weighted by atomic mass is 10.2. The van der Waals surface area contributed by atoms with Gasteiger partial charge in [-0.3, -0.25) is 0 Å². The number of aliphatic imine (C=N–C) groups is 1. The summed E-state index contributed by atoms with van der Waals surface area (Å²) in [6, 6.07) is 0. The van der Waals surface area contributed by atoms with Crippen molar-refractivity contribution in [2.45, 2.75) is 45.6 Å². The van der Waals surface area contributed by atoms with E-state index in [2.05, 4.69) is 34.0 Å². The number of guanidine groups is 1. The number of unbranched alkanes of at least 4 members (excludes halogenated alkanes) is 3. The van der Waals surface area contributed by atoms with Crippen LogP contribution in [0.2, 0.25) is 0 Å². The lowest BCUT2D eigenvalue weighted by Gasteiger charge is -2.22. The van der Waals surface area contributed by atoms with Gasteiger partial charge in [0.05, 0.1) is 0 Å². The Labute approximate surface area is 175 Å². The maximum Gasteiger partial charge on any atom is 0.194 e. The average molecular weight is 478 g/mol. The Hall–Kier alpha value is -1.16. The first kappa shape index (κ1) is 24.8.